The van der Waals surface area contributed by atoms with Gasteiger partial charge in [0.05, 0.1) is 4.91 Å². The number of thioether (sulfide) groups is 1. The van der Waals surface area contributed by atoms with Gasteiger partial charge in [-0.1, -0.05) is 42.5 Å². The third-order valence-corrected chi connectivity index (χ3v) is 6.50. The van der Waals surface area contributed by atoms with E-state index < -0.39 is 17.1 Å². The number of imide groups is 1. The number of hydrogen-bond donors (Lipinski definition) is 1. The third kappa shape index (κ3) is 6.34. The van der Waals surface area contributed by atoms with Crippen LogP contribution in [0.15, 0.2) is 77.7 Å². The summed E-state index contributed by atoms with van der Waals surface area (Å²) >= 11 is 0.820. The number of amides is 3. The zero-order valence-electron chi connectivity index (χ0n) is 20.0. The predicted octanol–water partition coefficient (Wildman–Crippen LogP) is 5.44. The van der Waals surface area contributed by atoms with E-state index in [0.717, 1.165) is 39.1 Å². The molecule has 0 aliphatic carbocycles. The molecule has 1 N–H and O–H groups in total. The molecule has 0 aromatic heterocycles. The van der Waals surface area contributed by atoms with Gasteiger partial charge in [-0.05, 0) is 78.7 Å². The summed E-state index contributed by atoms with van der Waals surface area (Å²) in [5.74, 6) is 0.540. The van der Waals surface area contributed by atoms with Crippen molar-refractivity contribution >= 4 is 40.6 Å². The Morgan fingerprint density at radius 3 is 2.25 bits per heavy atom. The van der Waals surface area contributed by atoms with Crippen molar-refractivity contribution in [3.05, 3.63) is 94.4 Å². The lowest BCUT2D eigenvalue weighted by atomic mass is 10.1. The van der Waals surface area contributed by atoms with E-state index in [9.17, 15) is 14.4 Å². The van der Waals surface area contributed by atoms with Gasteiger partial charge < -0.3 is 14.8 Å². The number of anilines is 1. The smallest absolute Gasteiger partial charge is 0.294 e. The van der Waals surface area contributed by atoms with E-state index in [-0.39, 0.29) is 11.4 Å². The van der Waals surface area contributed by atoms with E-state index >= 15 is 0 Å². The van der Waals surface area contributed by atoms with Crippen molar-refractivity contribution in [1.29, 1.82) is 0 Å². The molecule has 0 unspecified atom stereocenters. The van der Waals surface area contributed by atoms with Crippen molar-refractivity contribution in [2.75, 3.05) is 25.1 Å². The fourth-order valence-electron chi connectivity index (χ4n) is 3.50. The number of ether oxygens (including phenoxy) is 2. The molecule has 3 aromatic rings. The monoisotopic (exact) mass is 502 g/mol. The Morgan fingerprint density at radius 2 is 1.56 bits per heavy atom. The standard InChI is InChI=1S/C28H26N2O5S/c1-19-7-6-10-24(20(19)2)29-26(31)18-30-27(32)25(36-28(30)33)17-21-11-13-23(14-12-21)35-16-15-34-22-8-4-3-5-9-22/h3-14,17H,15-16,18H2,1-2H3,(H,29,31)/b25-17+. The second kappa shape index (κ2) is 11.6. The lowest BCUT2D eigenvalue weighted by Gasteiger charge is -2.14. The van der Waals surface area contributed by atoms with Crippen LogP contribution in [0.1, 0.15) is 16.7 Å². The SMILES string of the molecule is Cc1cccc(NC(=O)CN2C(=O)S/C(=C/c3ccc(OCCOc4ccccc4)cc3)C2=O)c1C. The van der Waals surface area contributed by atoms with Crippen molar-refractivity contribution < 1.29 is 23.9 Å². The summed E-state index contributed by atoms with van der Waals surface area (Å²) in [5, 5.41) is 2.31. The zero-order chi connectivity index (χ0) is 25.5. The Hall–Kier alpha value is -4.04. The van der Waals surface area contributed by atoms with Gasteiger partial charge in [0.25, 0.3) is 11.1 Å². The van der Waals surface area contributed by atoms with E-state index in [2.05, 4.69) is 5.32 Å². The van der Waals surface area contributed by atoms with Gasteiger partial charge in [0.15, 0.2) is 0 Å². The van der Waals surface area contributed by atoms with Crippen molar-refractivity contribution in [2.45, 2.75) is 13.8 Å². The average molecular weight is 503 g/mol. The maximum absolute atomic E-state index is 12.8. The minimum absolute atomic E-state index is 0.268. The molecule has 0 saturated carbocycles. The molecular weight excluding hydrogens is 476 g/mol. The summed E-state index contributed by atoms with van der Waals surface area (Å²) in [6.45, 7) is 4.31. The van der Waals surface area contributed by atoms with Gasteiger partial charge in [-0.25, -0.2) is 0 Å². The Bertz CT molecular complexity index is 1290. The average Bonchev–Trinajstić information content (AvgIpc) is 3.13. The number of rotatable bonds is 9. The largest absolute Gasteiger partial charge is 0.490 e. The van der Waals surface area contributed by atoms with Crippen LogP contribution >= 0.6 is 11.8 Å². The Kier molecular flexibility index (Phi) is 8.07. The van der Waals surface area contributed by atoms with Crippen LogP contribution < -0.4 is 14.8 Å². The molecule has 3 aromatic carbocycles. The molecule has 1 fully saturated rings. The highest BCUT2D eigenvalue weighted by molar-refractivity contribution is 8.18. The lowest BCUT2D eigenvalue weighted by Crippen LogP contribution is -2.36. The topological polar surface area (TPSA) is 84.9 Å². The van der Waals surface area contributed by atoms with Gasteiger partial charge in [-0.2, -0.15) is 0 Å². The third-order valence-electron chi connectivity index (χ3n) is 5.60. The maximum atomic E-state index is 12.8. The van der Waals surface area contributed by atoms with Gasteiger partial charge >= 0.3 is 0 Å². The molecule has 1 aliphatic rings. The van der Waals surface area contributed by atoms with Crippen LogP contribution in [0.2, 0.25) is 0 Å². The molecule has 1 heterocycles. The molecule has 0 radical (unpaired) electrons. The maximum Gasteiger partial charge on any atom is 0.294 e. The second-order valence-corrected chi connectivity index (χ2v) is 9.14. The highest BCUT2D eigenvalue weighted by Gasteiger charge is 2.36. The number of carbonyl (C=O) groups excluding carboxylic acids is 3. The minimum atomic E-state index is -0.487. The Balaban J connectivity index is 1.30. The quantitative estimate of drug-likeness (QED) is 0.310. The van der Waals surface area contributed by atoms with E-state index in [1.807, 2.05) is 56.3 Å². The van der Waals surface area contributed by atoms with Gasteiger partial charge in [0.1, 0.15) is 31.3 Å². The molecule has 1 aliphatic heterocycles. The van der Waals surface area contributed by atoms with Crippen LogP contribution in [0.25, 0.3) is 6.08 Å². The summed E-state index contributed by atoms with van der Waals surface area (Å²) in [7, 11) is 0. The Morgan fingerprint density at radius 1 is 0.889 bits per heavy atom. The Labute approximate surface area is 214 Å². The van der Waals surface area contributed by atoms with Crippen LogP contribution in [-0.2, 0) is 9.59 Å². The lowest BCUT2D eigenvalue weighted by molar-refractivity contribution is -0.127. The number of nitrogens with zero attached hydrogens (tertiary/aromatic N) is 1. The molecule has 1 saturated heterocycles. The highest BCUT2D eigenvalue weighted by atomic mass is 32.2. The zero-order valence-corrected chi connectivity index (χ0v) is 20.8. The van der Waals surface area contributed by atoms with Crippen LogP contribution in [-0.4, -0.2) is 41.7 Å². The van der Waals surface area contributed by atoms with E-state index in [1.165, 1.54) is 0 Å². The molecule has 3 amide bonds. The summed E-state index contributed by atoms with van der Waals surface area (Å²) in [6, 6.07) is 22.3. The first-order valence-corrected chi connectivity index (χ1v) is 12.2. The predicted molar refractivity (Wildman–Crippen MR) is 141 cm³/mol. The van der Waals surface area contributed by atoms with Crippen molar-refractivity contribution in [3.63, 3.8) is 0 Å². The molecule has 184 valence electrons. The van der Waals surface area contributed by atoms with Crippen molar-refractivity contribution in [2.24, 2.45) is 0 Å². The molecule has 0 spiro atoms. The summed E-state index contributed by atoms with van der Waals surface area (Å²) < 4.78 is 11.3. The van der Waals surface area contributed by atoms with Crippen molar-refractivity contribution in [3.8, 4) is 11.5 Å². The number of carbonyl (C=O) groups is 3. The highest BCUT2D eigenvalue weighted by Crippen LogP contribution is 2.32. The molecule has 36 heavy (non-hydrogen) atoms. The van der Waals surface area contributed by atoms with Crippen LogP contribution in [0.5, 0.6) is 11.5 Å². The first-order chi connectivity index (χ1) is 17.4. The van der Waals surface area contributed by atoms with Gasteiger partial charge in [0, 0.05) is 5.69 Å². The molecule has 0 bridgehead atoms. The summed E-state index contributed by atoms with van der Waals surface area (Å²) in [4.78, 5) is 38.9. The van der Waals surface area contributed by atoms with Gasteiger partial charge in [-0.3, -0.25) is 19.3 Å². The first-order valence-electron chi connectivity index (χ1n) is 11.4. The molecular formula is C28H26N2O5S. The molecule has 4 rings (SSSR count). The van der Waals surface area contributed by atoms with Gasteiger partial charge in [0.2, 0.25) is 5.91 Å². The summed E-state index contributed by atoms with van der Waals surface area (Å²) in [6.07, 6.45) is 1.63. The number of aryl methyl sites for hydroxylation is 1. The van der Waals surface area contributed by atoms with Crippen molar-refractivity contribution in [1.82, 2.24) is 4.90 Å². The number of benzene rings is 3. The fraction of sp³-hybridized carbons (Fsp3) is 0.179. The normalized spacial score (nSPS) is 14.3. The summed E-state index contributed by atoms with van der Waals surface area (Å²) in [5.41, 5.74) is 3.39. The van der Waals surface area contributed by atoms with Crippen LogP contribution in [0.3, 0.4) is 0 Å². The number of para-hydroxylation sites is 1. The fourth-order valence-corrected chi connectivity index (χ4v) is 4.34. The first kappa shape index (κ1) is 25.1. The van der Waals surface area contributed by atoms with E-state index in [1.54, 1.807) is 36.4 Å². The molecule has 8 heteroatoms. The second-order valence-electron chi connectivity index (χ2n) is 8.14. The minimum Gasteiger partial charge on any atom is -0.490 e. The molecule has 0 atom stereocenters. The number of nitrogens with one attached hydrogen (secondary N) is 1. The van der Waals surface area contributed by atoms with E-state index in [0.29, 0.717) is 24.7 Å². The van der Waals surface area contributed by atoms with Crippen LogP contribution in [0.4, 0.5) is 10.5 Å². The molecule has 7 nitrogen and oxygen atoms in total. The van der Waals surface area contributed by atoms with Crippen LogP contribution in [0, 0.1) is 13.8 Å². The van der Waals surface area contributed by atoms with Gasteiger partial charge in [-0.15, -0.1) is 0 Å². The van der Waals surface area contributed by atoms with E-state index in [4.69, 9.17) is 9.47 Å². The number of hydrogen-bond acceptors (Lipinski definition) is 6.